The van der Waals surface area contributed by atoms with E-state index in [-0.39, 0.29) is 24.1 Å². The zero-order valence-electron chi connectivity index (χ0n) is 15.6. The molecule has 1 unspecified atom stereocenters. The quantitative estimate of drug-likeness (QED) is 0.349. The van der Waals surface area contributed by atoms with Crippen LogP contribution >= 0.6 is 0 Å². The summed E-state index contributed by atoms with van der Waals surface area (Å²) in [4.78, 5) is 17.9. The number of aliphatic hydroxyl groups is 1. The smallest absolute Gasteiger partial charge is 0.168 e. The second-order valence-electron chi connectivity index (χ2n) is 6.64. The number of rotatable bonds is 6. The van der Waals surface area contributed by atoms with Gasteiger partial charge in [-0.05, 0) is 49.8 Å². The van der Waals surface area contributed by atoms with Crippen molar-refractivity contribution < 1.29 is 14.7 Å². The number of aliphatic hydroxyl groups excluding tert-OH is 1. The number of nitrogens with zero attached hydrogens (tertiary/aromatic N) is 1. The third kappa shape index (κ3) is 4.19. The fraction of sp³-hybridized carbons (Fsp3) is 0.429. The molecule has 25 heavy (non-hydrogen) atoms. The van der Waals surface area contributed by atoms with Crippen LogP contribution in [-0.4, -0.2) is 23.2 Å². The number of oxime groups is 1. The van der Waals surface area contributed by atoms with Crippen LogP contribution in [0, 0.1) is 20.8 Å². The zero-order valence-corrected chi connectivity index (χ0v) is 15.6. The van der Waals surface area contributed by atoms with Crippen LogP contribution in [0.2, 0.25) is 0 Å². The molecule has 4 heteroatoms. The monoisotopic (exact) mass is 341 g/mol. The number of aryl methyl sites for hydroxylation is 3. The van der Waals surface area contributed by atoms with E-state index < -0.39 is 0 Å². The second kappa shape index (κ2) is 8.15. The van der Waals surface area contributed by atoms with Gasteiger partial charge in [-0.2, -0.15) is 0 Å². The van der Waals surface area contributed by atoms with Crippen molar-refractivity contribution >= 4 is 11.5 Å². The van der Waals surface area contributed by atoms with E-state index in [4.69, 9.17) is 4.84 Å². The van der Waals surface area contributed by atoms with Gasteiger partial charge in [0.1, 0.15) is 12.4 Å². The molecule has 0 saturated carbocycles. The maximum absolute atomic E-state index is 12.7. The molecular formula is C21H27NO3. The van der Waals surface area contributed by atoms with Crippen molar-refractivity contribution in [2.75, 3.05) is 6.61 Å². The van der Waals surface area contributed by atoms with E-state index in [1.165, 1.54) is 22.3 Å². The Labute approximate surface area is 149 Å². The van der Waals surface area contributed by atoms with Crippen LogP contribution in [0.3, 0.4) is 0 Å². The third-order valence-electron chi connectivity index (χ3n) is 4.58. The highest BCUT2D eigenvalue weighted by atomic mass is 16.6. The van der Waals surface area contributed by atoms with Gasteiger partial charge in [-0.1, -0.05) is 42.4 Å². The highest BCUT2D eigenvalue weighted by Crippen LogP contribution is 2.37. The molecule has 0 spiro atoms. The first kappa shape index (κ1) is 19.0. The Balaban J connectivity index is 2.35. The lowest BCUT2D eigenvalue weighted by molar-refractivity contribution is -0.116. The number of ketones is 1. The van der Waals surface area contributed by atoms with E-state index in [0.717, 1.165) is 0 Å². The Hall–Kier alpha value is -2.36. The fourth-order valence-corrected chi connectivity index (χ4v) is 3.72. The molecule has 0 aliphatic heterocycles. The number of Topliss-reactive ketones (excluding diaryl/α,β-unsaturated/α-hetero) is 1. The number of hydrogen-bond acceptors (Lipinski definition) is 4. The molecule has 1 aromatic rings. The molecule has 0 bridgehead atoms. The van der Waals surface area contributed by atoms with Gasteiger partial charge in [-0.25, -0.2) is 0 Å². The number of allylic oxidation sites excluding steroid dienone is 2. The summed E-state index contributed by atoms with van der Waals surface area (Å²) in [6.07, 6.45) is 2.94. The largest absolute Gasteiger partial charge is 0.511 e. The van der Waals surface area contributed by atoms with E-state index in [1.54, 1.807) is 6.08 Å². The van der Waals surface area contributed by atoms with Crippen LogP contribution in [-0.2, 0) is 9.63 Å². The SMILES string of the molecule is C=CCON=C(CC)C1=C(O)CC(c2c(C)cc(C)cc2C)CC1=O. The zero-order chi connectivity index (χ0) is 18.6. The minimum absolute atomic E-state index is 0.00375. The molecule has 1 N–H and O–H groups in total. The maximum Gasteiger partial charge on any atom is 0.168 e. The molecule has 1 aliphatic rings. The summed E-state index contributed by atoms with van der Waals surface area (Å²) >= 11 is 0. The number of hydrogen-bond donors (Lipinski definition) is 1. The molecular weight excluding hydrogens is 314 g/mol. The topological polar surface area (TPSA) is 58.9 Å². The summed E-state index contributed by atoms with van der Waals surface area (Å²) in [6.45, 7) is 11.9. The highest BCUT2D eigenvalue weighted by molar-refractivity contribution is 6.23. The van der Waals surface area contributed by atoms with Crippen LogP contribution < -0.4 is 0 Å². The molecule has 0 saturated heterocycles. The minimum Gasteiger partial charge on any atom is -0.511 e. The lowest BCUT2D eigenvalue weighted by Crippen LogP contribution is -2.24. The third-order valence-corrected chi connectivity index (χ3v) is 4.58. The molecule has 1 atom stereocenters. The predicted molar refractivity (Wildman–Crippen MR) is 101 cm³/mol. The van der Waals surface area contributed by atoms with Crippen LogP contribution in [0.15, 0.2) is 41.3 Å². The Morgan fingerprint density at radius 2 is 1.96 bits per heavy atom. The summed E-state index contributed by atoms with van der Waals surface area (Å²) in [5.74, 6) is 0.0448. The van der Waals surface area contributed by atoms with Gasteiger partial charge in [-0.3, -0.25) is 4.79 Å². The van der Waals surface area contributed by atoms with Crippen molar-refractivity contribution in [3.63, 3.8) is 0 Å². The van der Waals surface area contributed by atoms with Crippen LogP contribution in [0.4, 0.5) is 0 Å². The number of benzene rings is 1. The molecule has 2 rings (SSSR count). The molecule has 0 amide bonds. The Morgan fingerprint density at radius 3 is 2.48 bits per heavy atom. The van der Waals surface area contributed by atoms with E-state index in [2.05, 4.69) is 44.6 Å². The standard InChI is InChI=1S/C21H27NO3/c1-6-8-25-22-17(7-2)21-18(23)11-16(12-19(21)24)20-14(4)9-13(3)10-15(20)5/h6,9-10,16,23H,1,7-8,11-12H2,2-5H3. The van der Waals surface area contributed by atoms with Gasteiger partial charge in [-0.15, -0.1) is 0 Å². The molecule has 0 heterocycles. The molecule has 0 fully saturated rings. The molecule has 4 nitrogen and oxygen atoms in total. The maximum atomic E-state index is 12.7. The second-order valence-corrected chi connectivity index (χ2v) is 6.64. The van der Waals surface area contributed by atoms with Crippen molar-refractivity contribution in [3.8, 4) is 0 Å². The van der Waals surface area contributed by atoms with Gasteiger partial charge in [0, 0.05) is 12.8 Å². The highest BCUT2D eigenvalue weighted by Gasteiger charge is 2.32. The van der Waals surface area contributed by atoms with Crippen LogP contribution in [0.5, 0.6) is 0 Å². The Kier molecular flexibility index (Phi) is 6.18. The van der Waals surface area contributed by atoms with Gasteiger partial charge >= 0.3 is 0 Å². The number of carbonyl (C=O) groups is 1. The first-order valence-electron chi connectivity index (χ1n) is 8.72. The summed E-state index contributed by atoms with van der Waals surface area (Å²) in [6, 6.07) is 4.26. The Morgan fingerprint density at radius 1 is 1.32 bits per heavy atom. The van der Waals surface area contributed by atoms with Gasteiger partial charge in [0.25, 0.3) is 0 Å². The molecule has 0 radical (unpaired) electrons. The summed E-state index contributed by atoms with van der Waals surface area (Å²) in [5.41, 5.74) is 5.55. The van der Waals surface area contributed by atoms with Crippen molar-refractivity contribution in [1.29, 1.82) is 0 Å². The van der Waals surface area contributed by atoms with Gasteiger partial charge < -0.3 is 9.94 Å². The van der Waals surface area contributed by atoms with Gasteiger partial charge in [0.05, 0.1) is 11.3 Å². The van der Waals surface area contributed by atoms with Crippen LogP contribution in [0.1, 0.15) is 54.4 Å². The van der Waals surface area contributed by atoms with Crippen molar-refractivity contribution in [2.24, 2.45) is 5.16 Å². The average molecular weight is 341 g/mol. The van der Waals surface area contributed by atoms with Gasteiger partial charge in [0.2, 0.25) is 0 Å². The minimum atomic E-state index is -0.0732. The van der Waals surface area contributed by atoms with Crippen LogP contribution in [0.25, 0.3) is 0 Å². The van der Waals surface area contributed by atoms with Crippen molar-refractivity contribution in [1.82, 2.24) is 0 Å². The van der Waals surface area contributed by atoms with Crippen molar-refractivity contribution in [3.05, 3.63) is 58.4 Å². The summed E-state index contributed by atoms with van der Waals surface area (Å²) in [7, 11) is 0. The molecule has 134 valence electrons. The molecule has 1 aliphatic carbocycles. The molecule has 1 aromatic carbocycles. The van der Waals surface area contributed by atoms with E-state index in [1.807, 2.05) is 6.92 Å². The summed E-state index contributed by atoms with van der Waals surface area (Å²) < 4.78 is 0. The van der Waals surface area contributed by atoms with Crippen molar-refractivity contribution in [2.45, 2.75) is 52.9 Å². The average Bonchev–Trinajstić information content (AvgIpc) is 2.51. The van der Waals surface area contributed by atoms with Gasteiger partial charge in [0.15, 0.2) is 5.78 Å². The lowest BCUT2D eigenvalue weighted by Gasteiger charge is -2.27. The number of carbonyl (C=O) groups excluding carboxylic acids is 1. The predicted octanol–water partition coefficient (Wildman–Crippen LogP) is 4.84. The first-order valence-corrected chi connectivity index (χ1v) is 8.72. The lowest BCUT2D eigenvalue weighted by atomic mass is 9.78. The fourth-order valence-electron chi connectivity index (χ4n) is 3.72. The van der Waals surface area contributed by atoms with E-state index in [9.17, 15) is 9.90 Å². The normalized spacial score (nSPS) is 18.5. The molecule has 0 aromatic heterocycles. The summed E-state index contributed by atoms with van der Waals surface area (Å²) in [5, 5.41) is 14.6. The first-order chi connectivity index (χ1) is 11.9. The van der Waals surface area contributed by atoms with E-state index in [0.29, 0.717) is 30.5 Å². The van der Waals surface area contributed by atoms with E-state index >= 15 is 0 Å². The Bertz CT molecular complexity index is 721.